The lowest BCUT2D eigenvalue weighted by Gasteiger charge is -2.05. The monoisotopic (exact) mass is 465 g/mol. The van der Waals surface area contributed by atoms with E-state index in [0.29, 0.717) is 22.2 Å². The van der Waals surface area contributed by atoms with Gasteiger partial charge >= 0.3 is 5.97 Å². The van der Waals surface area contributed by atoms with Crippen LogP contribution in [0, 0.1) is 0 Å². The number of aromatic amines is 1. The first-order valence-electron chi connectivity index (χ1n) is 7.61. The number of nitrogens with zero attached hydrogens (tertiary/aromatic N) is 2. The SMILES string of the molecule is COc1ccc(Cl)cc1-c1nc(S/C(=C\c2ccc(Br)cc2)C(=O)O)n[nH]1. The van der Waals surface area contributed by atoms with Gasteiger partial charge in [-0.05, 0) is 53.7 Å². The van der Waals surface area contributed by atoms with Crippen molar-refractivity contribution in [2.75, 3.05) is 7.11 Å². The first kappa shape index (κ1) is 19.5. The average Bonchev–Trinajstić information content (AvgIpc) is 3.11. The number of ether oxygens (including phenoxy) is 1. The van der Waals surface area contributed by atoms with Gasteiger partial charge in [-0.1, -0.05) is 39.7 Å². The summed E-state index contributed by atoms with van der Waals surface area (Å²) in [5, 5.41) is 17.2. The molecule has 27 heavy (non-hydrogen) atoms. The van der Waals surface area contributed by atoms with Crippen molar-refractivity contribution in [1.29, 1.82) is 0 Å². The lowest BCUT2D eigenvalue weighted by atomic mass is 10.2. The maximum absolute atomic E-state index is 11.6. The molecule has 1 aromatic heterocycles. The van der Waals surface area contributed by atoms with Crippen LogP contribution in [0.4, 0.5) is 0 Å². The first-order chi connectivity index (χ1) is 13.0. The molecule has 0 aliphatic carbocycles. The predicted molar refractivity (Wildman–Crippen MR) is 109 cm³/mol. The minimum absolute atomic E-state index is 0.0981. The summed E-state index contributed by atoms with van der Waals surface area (Å²) >= 11 is 10.3. The van der Waals surface area contributed by atoms with Gasteiger partial charge in [-0.15, -0.1) is 5.10 Å². The van der Waals surface area contributed by atoms with Crippen molar-refractivity contribution in [2.24, 2.45) is 0 Å². The van der Waals surface area contributed by atoms with Gasteiger partial charge in [-0.3, -0.25) is 5.10 Å². The van der Waals surface area contributed by atoms with E-state index in [2.05, 4.69) is 31.1 Å². The lowest BCUT2D eigenvalue weighted by molar-refractivity contribution is -0.131. The highest BCUT2D eigenvalue weighted by Crippen LogP contribution is 2.32. The molecule has 2 N–H and O–H groups in total. The number of carboxylic acid groups (broad SMARTS) is 1. The van der Waals surface area contributed by atoms with Crippen molar-refractivity contribution in [2.45, 2.75) is 5.16 Å². The third-order valence-corrected chi connectivity index (χ3v) is 5.10. The molecule has 3 aromatic rings. The van der Waals surface area contributed by atoms with Crippen molar-refractivity contribution in [3.8, 4) is 17.1 Å². The Balaban J connectivity index is 1.88. The van der Waals surface area contributed by atoms with E-state index in [9.17, 15) is 9.90 Å². The van der Waals surface area contributed by atoms with E-state index in [-0.39, 0.29) is 10.1 Å². The topological polar surface area (TPSA) is 88.1 Å². The highest BCUT2D eigenvalue weighted by Gasteiger charge is 2.16. The minimum atomic E-state index is -1.06. The molecular formula is C18H13BrClN3O3S. The summed E-state index contributed by atoms with van der Waals surface area (Å²) < 4.78 is 6.22. The molecule has 0 bridgehead atoms. The Morgan fingerprint density at radius 2 is 2.04 bits per heavy atom. The summed E-state index contributed by atoms with van der Waals surface area (Å²) in [7, 11) is 1.54. The predicted octanol–water partition coefficient (Wildman–Crippen LogP) is 5.11. The molecule has 0 unspecified atom stereocenters. The van der Waals surface area contributed by atoms with Crippen molar-refractivity contribution >= 4 is 51.3 Å². The van der Waals surface area contributed by atoms with Gasteiger partial charge in [0.2, 0.25) is 5.16 Å². The number of carboxylic acids is 1. The Hall–Kier alpha value is -2.29. The van der Waals surface area contributed by atoms with Crippen molar-refractivity contribution < 1.29 is 14.6 Å². The van der Waals surface area contributed by atoms with E-state index < -0.39 is 5.97 Å². The van der Waals surface area contributed by atoms with E-state index in [1.54, 1.807) is 31.4 Å². The van der Waals surface area contributed by atoms with Crippen LogP contribution in [-0.2, 0) is 4.79 Å². The van der Waals surface area contributed by atoms with Gasteiger partial charge in [-0.2, -0.15) is 0 Å². The molecule has 0 saturated heterocycles. The van der Waals surface area contributed by atoms with E-state index in [0.717, 1.165) is 21.8 Å². The smallest absolute Gasteiger partial charge is 0.342 e. The summed E-state index contributed by atoms with van der Waals surface area (Å²) in [6.07, 6.45) is 1.56. The second kappa shape index (κ2) is 8.60. The number of H-pyrrole nitrogens is 1. The average molecular weight is 467 g/mol. The number of halogens is 2. The minimum Gasteiger partial charge on any atom is -0.496 e. The molecular weight excluding hydrogens is 454 g/mol. The molecule has 0 aliphatic rings. The molecule has 0 aliphatic heterocycles. The fourth-order valence-electron chi connectivity index (χ4n) is 2.22. The van der Waals surface area contributed by atoms with E-state index in [1.165, 1.54) is 0 Å². The van der Waals surface area contributed by atoms with Crippen LogP contribution < -0.4 is 4.74 Å². The molecule has 0 atom stereocenters. The van der Waals surface area contributed by atoms with E-state index >= 15 is 0 Å². The zero-order valence-corrected chi connectivity index (χ0v) is 17.1. The molecule has 3 rings (SSSR count). The number of aromatic nitrogens is 3. The first-order valence-corrected chi connectivity index (χ1v) is 9.59. The van der Waals surface area contributed by atoms with Gasteiger partial charge in [0.1, 0.15) is 10.7 Å². The van der Waals surface area contributed by atoms with Gasteiger partial charge < -0.3 is 9.84 Å². The molecule has 9 heteroatoms. The van der Waals surface area contributed by atoms with Crippen LogP contribution >= 0.6 is 39.3 Å². The molecule has 0 spiro atoms. The standard InChI is InChI=1S/C18H13BrClN3O3S/c1-26-14-7-6-12(20)9-13(14)16-21-18(23-22-16)27-15(17(24)25)8-10-2-4-11(19)5-3-10/h2-9H,1H3,(H,24,25)(H,21,22,23)/b15-8-. The number of nitrogens with one attached hydrogen (secondary N) is 1. The lowest BCUT2D eigenvalue weighted by Crippen LogP contribution is -1.97. The second-order valence-electron chi connectivity index (χ2n) is 5.28. The summed E-state index contributed by atoms with van der Waals surface area (Å²) in [6.45, 7) is 0. The number of rotatable bonds is 6. The molecule has 0 fully saturated rings. The molecule has 2 aromatic carbocycles. The van der Waals surface area contributed by atoms with Crippen LogP contribution in [0.1, 0.15) is 5.56 Å². The number of hydrogen-bond donors (Lipinski definition) is 2. The molecule has 1 heterocycles. The molecule has 138 valence electrons. The van der Waals surface area contributed by atoms with Crippen LogP contribution in [0.15, 0.2) is 57.0 Å². The van der Waals surface area contributed by atoms with Crippen molar-refractivity contribution in [3.05, 3.63) is 62.4 Å². The molecule has 6 nitrogen and oxygen atoms in total. The Bertz CT molecular complexity index is 1010. The second-order valence-corrected chi connectivity index (χ2v) is 7.64. The maximum Gasteiger partial charge on any atom is 0.342 e. The van der Waals surface area contributed by atoms with Crippen molar-refractivity contribution in [3.63, 3.8) is 0 Å². The number of hydrogen-bond acceptors (Lipinski definition) is 5. The van der Waals surface area contributed by atoms with Crippen LogP contribution in [0.3, 0.4) is 0 Å². The third-order valence-electron chi connectivity index (χ3n) is 3.46. The van der Waals surface area contributed by atoms with Crippen LogP contribution in [-0.4, -0.2) is 33.4 Å². The van der Waals surface area contributed by atoms with E-state index in [4.69, 9.17) is 16.3 Å². The largest absolute Gasteiger partial charge is 0.496 e. The highest BCUT2D eigenvalue weighted by atomic mass is 79.9. The number of carbonyl (C=O) groups is 1. The van der Waals surface area contributed by atoms with Crippen LogP contribution in [0.25, 0.3) is 17.5 Å². The van der Waals surface area contributed by atoms with Gasteiger partial charge in [0.15, 0.2) is 5.82 Å². The summed E-state index contributed by atoms with van der Waals surface area (Å²) in [6, 6.07) is 12.4. The number of thioether (sulfide) groups is 1. The fourth-order valence-corrected chi connectivity index (χ4v) is 3.37. The zero-order valence-electron chi connectivity index (χ0n) is 13.9. The number of aliphatic carboxylic acids is 1. The highest BCUT2D eigenvalue weighted by molar-refractivity contribution is 9.10. The Kier molecular flexibility index (Phi) is 6.20. The summed E-state index contributed by atoms with van der Waals surface area (Å²) in [5.74, 6) is -0.0456. The zero-order chi connectivity index (χ0) is 19.4. The van der Waals surface area contributed by atoms with E-state index in [1.807, 2.05) is 24.3 Å². The Morgan fingerprint density at radius 1 is 1.30 bits per heavy atom. The summed E-state index contributed by atoms with van der Waals surface area (Å²) in [5.41, 5.74) is 1.40. The molecule has 0 radical (unpaired) electrons. The normalized spacial score (nSPS) is 11.4. The van der Waals surface area contributed by atoms with Gasteiger partial charge in [0.25, 0.3) is 0 Å². The number of methoxy groups -OCH3 is 1. The quantitative estimate of drug-likeness (QED) is 0.387. The summed E-state index contributed by atoms with van der Waals surface area (Å²) in [4.78, 5) is 16.0. The fraction of sp³-hybridized carbons (Fsp3) is 0.0556. The van der Waals surface area contributed by atoms with Crippen LogP contribution in [0.5, 0.6) is 5.75 Å². The van der Waals surface area contributed by atoms with Gasteiger partial charge in [-0.25, -0.2) is 9.78 Å². The van der Waals surface area contributed by atoms with Crippen LogP contribution in [0.2, 0.25) is 5.02 Å². The van der Waals surface area contributed by atoms with Gasteiger partial charge in [0, 0.05) is 9.50 Å². The number of benzene rings is 2. The maximum atomic E-state index is 11.6. The van der Waals surface area contributed by atoms with Crippen molar-refractivity contribution in [1.82, 2.24) is 15.2 Å². The van der Waals surface area contributed by atoms with Gasteiger partial charge in [0.05, 0.1) is 12.7 Å². The Labute approximate surface area is 172 Å². The Morgan fingerprint density at radius 3 is 2.70 bits per heavy atom. The third kappa shape index (κ3) is 4.91. The molecule has 0 amide bonds. The molecule has 0 saturated carbocycles.